The maximum Gasteiger partial charge on any atom is 0.356 e. The molecule has 0 amide bonds. The molecule has 0 aromatic heterocycles. The van der Waals surface area contributed by atoms with E-state index in [0.717, 1.165) is 11.3 Å². The molecule has 0 spiro atoms. The highest BCUT2D eigenvalue weighted by atomic mass is 16.5. The lowest BCUT2D eigenvalue weighted by atomic mass is 10.1. The number of nitrogens with zero attached hydrogens (tertiary/aromatic N) is 1. The number of aryl methyl sites for hydroxylation is 1. The van der Waals surface area contributed by atoms with Crippen LogP contribution in [0.3, 0.4) is 0 Å². The van der Waals surface area contributed by atoms with Crippen molar-refractivity contribution in [3.05, 3.63) is 29.8 Å². The van der Waals surface area contributed by atoms with Gasteiger partial charge < -0.3 is 14.7 Å². The van der Waals surface area contributed by atoms with Crippen molar-refractivity contribution in [2.75, 3.05) is 7.11 Å². The van der Waals surface area contributed by atoms with Crippen LogP contribution in [0.5, 0.6) is 5.75 Å². The maximum atomic E-state index is 11.6. The highest BCUT2D eigenvalue weighted by Gasteiger charge is 2.15. The van der Waals surface area contributed by atoms with Crippen LogP contribution in [0.15, 0.2) is 29.4 Å². The minimum Gasteiger partial charge on any atom is -0.497 e. The molecule has 1 rings (SSSR count). The van der Waals surface area contributed by atoms with Crippen molar-refractivity contribution in [2.24, 2.45) is 5.16 Å². The summed E-state index contributed by atoms with van der Waals surface area (Å²) in [5, 5.41) is 11.8. The molecule has 0 aliphatic rings. The first-order chi connectivity index (χ1) is 9.06. The van der Waals surface area contributed by atoms with Gasteiger partial charge in [0.25, 0.3) is 0 Å². The van der Waals surface area contributed by atoms with Gasteiger partial charge >= 0.3 is 5.97 Å². The Morgan fingerprint density at radius 2 is 1.95 bits per heavy atom. The van der Waals surface area contributed by atoms with E-state index in [2.05, 4.69) is 5.16 Å². The molecule has 0 radical (unpaired) electrons. The number of oxime groups is 1. The number of carbonyl (C=O) groups is 1. The fraction of sp³-hybridized carbons (Fsp3) is 0.429. The van der Waals surface area contributed by atoms with Crippen LogP contribution in [0.25, 0.3) is 0 Å². The molecule has 0 aliphatic heterocycles. The molecular formula is C14H19NO4. The first-order valence-corrected chi connectivity index (χ1v) is 6.11. The van der Waals surface area contributed by atoms with E-state index in [1.54, 1.807) is 21.0 Å². The van der Waals surface area contributed by atoms with Crippen molar-refractivity contribution in [3.63, 3.8) is 0 Å². The Morgan fingerprint density at radius 3 is 2.42 bits per heavy atom. The van der Waals surface area contributed by atoms with Crippen LogP contribution in [0, 0.1) is 0 Å². The SMILES string of the molecule is COc1ccc(CC/C(=N\O)C(=O)OC(C)C)cc1. The van der Waals surface area contributed by atoms with E-state index in [4.69, 9.17) is 14.7 Å². The second-order valence-electron chi connectivity index (χ2n) is 4.35. The number of rotatable bonds is 6. The molecule has 0 bridgehead atoms. The van der Waals surface area contributed by atoms with Gasteiger partial charge in [-0.3, -0.25) is 0 Å². The van der Waals surface area contributed by atoms with Gasteiger partial charge in [0.1, 0.15) is 5.75 Å². The molecule has 0 aliphatic carbocycles. The Kier molecular flexibility index (Phi) is 5.85. The van der Waals surface area contributed by atoms with Crippen molar-refractivity contribution in [1.29, 1.82) is 0 Å². The van der Waals surface area contributed by atoms with Crippen LogP contribution >= 0.6 is 0 Å². The van der Waals surface area contributed by atoms with Gasteiger partial charge in [-0.25, -0.2) is 4.79 Å². The topological polar surface area (TPSA) is 68.1 Å². The first kappa shape index (κ1) is 15.0. The number of carbonyl (C=O) groups excluding carboxylic acids is 1. The molecule has 5 nitrogen and oxygen atoms in total. The summed E-state index contributed by atoms with van der Waals surface area (Å²) < 4.78 is 10.0. The minimum absolute atomic E-state index is 0.0320. The van der Waals surface area contributed by atoms with E-state index in [-0.39, 0.29) is 11.8 Å². The zero-order valence-corrected chi connectivity index (χ0v) is 11.4. The lowest BCUT2D eigenvalue weighted by Crippen LogP contribution is -2.21. The smallest absolute Gasteiger partial charge is 0.356 e. The molecule has 19 heavy (non-hydrogen) atoms. The quantitative estimate of drug-likeness (QED) is 0.371. The lowest BCUT2D eigenvalue weighted by Gasteiger charge is -2.09. The fourth-order valence-electron chi connectivity index (χ4n) is 1.53. The average Bonchev–Trinajstić information content (AvgIpc) is 2.39. The summed E-state index contributed by atoms with van der Waals surface area (Å²) in [5.41, 5.74) is 1.06. The second kappa shape index (κ2) is 7.41. The second-order valence-corrected chi connectivity index (χ2v) is 4.35. The van der Waals surface area contributed by atoms with Crippen molar-refractivity contribution in [2.45, 2.75) is 32.8 Å². The normalized spacial score (nSPS) is 11.5. The highest BCUT2D eigenvalue weighted by Crippen LogP contribution is 2.13. The first-order valence-electron chi connectivity index (χ1n) is 6.11. The third-order valence-corrected chi connectivity index (χ3v) is 2.51. The van der Waals surface area contributed by atoms with Gasteiger partial charge in [-0.2, -0.15) is 0 Å². The molecule has 1 aromatic carbocycles. The van der Waals surface area contributed by atoms with Crippen LogP contribution in [-0.2, 0) is 16.0 Å². The summed E-state index contributed by atoms with van der Waals surface area (Å²) in [6, 6.07) is 7.50. The van der Waals surface area contributed by atoms with Gasteiger partial charge in [-0.15, -0.1) is 0 Å². The predicted octanol–water partition coefficient (Wildman–Crippen LogP) is 2.41. The van der Waals surface area contributed by atoms with Gasteiger partial charge in [0.15, 0.2) is 5.71 Å². The summed E-state index contributed by atoms with van der Waals surface area (Å²) in [5.74, 6) is 0.199. The molecule has 0 atom stereocenters. The van der Waals surface area contributed by atoms with Gasteiger partial charge in [0.05, 0.1) is 13.2 Å². The van der Waals surface area contributed by atoms with E-state index in [1.807, 2.05) is 24.3 Å². The third kappa shape index (κ3) is 4.99. The number of benzene rings is 1. The summed E-state index contributed by atoms with van der Waals surface area (Å²) in [6.07, 6.45) is 0.690. The van der Waals surface area contributed by atoms with Gasteiger partial charge in [0.2, 0.25) is 0 Å². The zero-order chi connectivity index (χ0) is 14.3. The number of ether oxygens (including phenoxy) is 2. The van der Waals surface area contributed by atoms with E-state index in [9.17, 15) is 4.79 Å². The monoisotopic (exact) mass is 265 g/mol. The summed E-state index contributed by atoms with van der Waals surface area (Å²) in [7, 11) is 1.60. The molecule has 0 unspecified atom stereocenters. The number of hydrogen-bond donors (Lipinski definition) is 1. The van der Waals surface area contributed by atoms with E-state index < -0.39 is 5.97 Å². The Morgan fingerprint density at radius 1 is 1.32 bits per heavy atom. The van der Waals surface area contributed by atoms with Gasteiger partial charge in [0, 0.05) is 6.42 Å². The number of esters is 1. The molecule has 104 valence electrons. The standard InChI is InChI=1S/C14H19NO4/c1-10(2)19-14(16)13(15-17)9-6-11-4-7-12(18-3)8-5-11/h4-5,7-8,10,17H,6,9H2,1-3H3/b15-13+. The Hall–Kier alpha value is -2.04. The largest absolute Gasteiger partial charge is 0.497 e. The maximum absolute atomic E-state index is 11.6. The van der Waals surface area contributed by atoms with Crippen LogP contribution in [0.1, 0.15) is 25.8 Å². The summed E-state index contributed by atoms with van der Waals surface area (Å²) >= 11 is 0. The third-order valence-electron chi connectivity index (χ3n) is 2.51. The van der Waals surface area contributed by atoms with Crippen LogP contribution in [-0.4, -0.2) is 30.1 Å². The van der Waals surface area contributed by atoms with E-state index in [0.29, 0.717) is 12.8 Å². The van der Waals surface area contributed by atoms with Gasteiger partial charge in [-0.1, -0.05) is 17.3 Å². The molecule has 0 fully saturated rings. The van der Waals surface area contributed by atoms with Crippen LogP contribution < -0.4 is 4.74 Å². The lowest BCUT2D eigenvalue weighted by molar-refractivity contribution is -0.139. The molecule has 0 saturated heterocycles. The molecule has 1 N–H and O–H groups in total. The average molecular weight is 265 g/mol. The van der Waals surface area contributed by atoms with Gasteiger partial charge in [-0.05, 0) is 38.0 Å². The van der Waals surface area contributed by atoms with Crippen molar-refractivity contribution in [1.82, 2.24) is 0 Å². The zero-order valence-electron chi connectivity index (χ0n) is 11.4. The van der Waals surface area contributed by atoms with Crippen LogP contribution in [0.4, 0.5) is 0 Å². The van der Waals surface area contributed by atoms with Crippen molar-refractivity contribution < 1.29 is 19.5 Å². The Bertz CT molecular complexity index is 437. The fourth-order valence-corrected chi connectivity index (χ4v) is 1.53. The number of hydrogen-bond acceptors (Lipinski definition) is 5. The van der Waals surface area contributed by atoms with Crippen molar-refractivity contribution >= 4 is 11.7 Å². The van der Waals surface area contributed by atoms with Crippen LogP contribution in [0.2, 0.25) is 0 Å². The highest BCUT2D eigenvalue weighted by molar-refractivity contribution is 6.36. The molecule has 0 heterocycles. The van der Waals surface area contributed by atoms with E-state index >= 15 is 0 Å². The Balaban J connectivity index is 2.55. The Labute approximate surface area is 112 Å². The summed E-state index contributed by atoms with van der Waals surface area (Å²) in [6.45, 7) is 3.49. The molecular weight excluding hydrogens is 246 g/mol. The molecule has 5 heteroatoms. The minimum atomic E-state index is -0.578. The summed E-state index contributed by atoms with van der Waals surface area (Å²) in [4.78, 5) is 11.6. The van der Waals surface area contributed by atoms with E-state index in [1.165, 1.54) is 0 Å². The molecule has 1 aromatic rings. The number of methoxy groups -OCH3 is 1. The van der Waals surface area contributed by atoms with Crippen molar-refractivity contribution in [3.8, 4) is 5.75 Å². The predicted molar refractivity (Wildman–Crippen MR) is 71.8 cm³/mol. The molecule has 0 saturated carbocycles.